The fraction of sp³-hybridized carbons (Fsp3) is 0.333. The van der Waals surface area contributed by atoms with Gasteiger partial charge in [0.15, 0.2) is 0 Å². The molecule has 0 fully saturated rings. The molecule has 1 heterocycles. The van der Waals surface area contributed by atoms with Gasteiger partial charge in [0.1, 0.15) is 5.82 Å². The highest BCUT2D eigenvalue weighted by atomic mass is 19.1. The minimum absolute atomic E-state index is 0.0548. The normalized spacial score (nSPS) is 19.3. The summed E-state index contributed by atoms with van der Waals surface area (Å²) < 4.78 is 18.7. The van der Waals surface area contributed by atoms with Gasteiger partial charge in [-0.1, -0.05) is 18.2 Å². The van der Waals surface area contributed by atoms with E-state index in [0.29, 0.717) is 16.8 Å². The van der Waals surface area contributed by atoms with Crippen LogP contribution in [0.1, 0.15) is 24.8 Å². The first-order chi connectivity index (χ1) is 9.47. The zero-order valence-electron chi connectivity index (χ0n) is 11.6. The molecule has 1 aliphatic heterocycles. The van der Waals surface area contributed by atoms with Crippen molar-refractivity contribution >= 4 is 11.9 Å². The van der Waals surface area contributed by atoms with Crippen LogP contribution in [0.3, 0.4) is 0 Å². The van der Waals surface area contributed by atoms with Crippen LogP contribution in [0.2, 0.25) is 0 Å². The molecule has 1 aromatic rings. The van der Waals surface area contributed by atoms with Gasteiger partial charge in [0, 0.05) is 25.1 Å². The highest BCUT2D eigenvalue weighted by Gasteiger charge is 2.36. The van der Waals surface area contributed by atoms with Crippen LogP contribution >= 0.6 is 0 Å². The molecule has 1 atom stereocenters. The molecular formula is C15H16FNO3. The van der Waals surface area contributed by atoms with Crippen LogP contribution in [0.5, 0.6) is 0 Å². The maximum atomic E-state index is 14.0. The van der Waals surface area contributed by atoms with E-state index in [1.54, 1.807) is 32.2 Å². The van der Waals surface area contributed by atoms with Gasteiger partial charge in [-0.05, 0) is 18.6 Å². The third kappa shape index (κ3) is 2.31. The van der Waals surface area contributed by atoms with Crippen molar-refractivity contribution < 1.29 is 18.7 Å². The van der Waals surface area contributed by atoms with Crippen molar-refractivity contribution in [1.82, 2.24) is 4.90 Å². The Morgan fingerprint density at radius 3 is 2.65 bits per heavy atom. The maximum Gasteiger partial charge on any atom is 0.336 e. The van der Waals surface area contributed by atoms with Crippen molar-refractivity contribution in [2.45, 2.75) is 19.3 Å². The second-order valence-corrected chi connectivity index (χ2v) is 4.72. The predicted octanol–water partition coefficient (Wildman–Crippen LogP) is 2.22. The monoisotopic (exact) mass is 277 g/mol. The molecule has 0 saturated carbocycles. The minimum Gasteiger partial charge on any atom is -0.466 e. The summed E-state index contributed by atoms with van der Waals surface area (Å²) in [4.78, 5) is 25.4. The van der Waals surface area contributed by atoms with Crippen molar-refractivity contribution in [2.24, 2.45) is 0 Å². The quantitative estimate of drug-likeness (QED) is 0.779. The van der Waals surface area contributed by atoms with Gasteiger partial charge < -0.3 is 9.64 Å². The van der Waals surface area contributed by atoms with Crippen LogP contribution in [0.15, 0.2) is 35.5 Å². The molecule has 0 unspecified atom stereocenters. The molecule has 0 aliphatic carbocycles. The van der Waals surface area contributed by atoms with E-state index in [0.717, 1.165) is 0 Å². The molecule has 0 radical (unpaired) electrons. The molecule has 0 bridgehead atoms. The molecule has 106 valence electrons. The summed E-state index contributed by atoms with van der Waals surface area (Å²) in [6.45, 7) is 1.66. The number of benzene rings is 1. The van der Waals surface area contributed by atoms with Crippen LogP contribution < -0.4 is 0 Å². The number of esters is 1. The number of methoxy groups -OCH3 is 1. The molecule has 4 nitrogen and oxygen atoms in total. The highest BCUT2D eigenvalue weighted by Crippen LogP contribution is 2.37. The number of amides is 1. The molecule has 1 amide bonds. The lowest BCUT2D eigenvalue weighted by atomic mass is 9.83. The third-order valence-corrected chi connectivity index (χ3v) is 3.68. The number of carbonyl (C=O) groups is 2. The standard InChI is InChI=1S/C15H16FNO3/c1-9-14(15(19)20-3)11(8-13(18)17(9)2)10-6-4-5-7-12(10)16/h4-7,11H,8H2,1-3H3/t11-/m1/s1. The summed E-state index contributed by atoms with van der Waals surface area (Å²) in [5.74, 6) is -1.71. The Morgan fingerprint density at radius 2 is 2.05 bits per heavy atom. The van der Waals surface area contributed by atoms with Gasteiger partial charge in [0.2, 0.25) is 5.91 Å². The van der Waals surface area contributed by atoms with Gasteiger partial charge in [0.25, 0.3) is 0 Å². The average Bonchev–Trinajstić information content (AvgIpc) is 2.44. The van der Waals surface area contributed by atoms with Crippen LogP contribution in [-0.2, 0) is 14.3 Å². The Bertz CT molecular complexity index is 595. The smallest absolute Gasteiger partial charge is 0.336 e. The van der Waals surface area contributed by atoms with Gasteiger partial charge in [-0.3, -0.25) is 4.79 Å². The van der Waals surface area contributed by atoms with E-state index in [9.17, 15) is 14.0 Å². The molecule has 0 N–H and O–H groups in total. The molecule has 0 spiro atoms. The first-order valence-corrected chi connectivity index (χ1v) is 6.27. The average molecular weight is 277 g/mol. The molecular weight excluding hydrogens is 261 g/mol. The summed E-state index contributed by atoms with van der Waals surface area (Å²) in [6.07, 6.45) is 0.0548. The largest absolute Gasteiger partial charge is 0.466 e. The van der Waals surface area contributed by atoms with Gasteiger partial charge in [0.05, 0.1) is 12.7 Å². The van der Waals surface area contributed by atoms with Crippen molar-refractivity contribution in [1.29, 1.82) is 0 Å². The van der Waals surface area contributed by atoms with E-state index < -0.39 is 17.7 Å². The molecule has 0 aromatic heterocycles. The van der Waals surface area contributed by atoms with Crippen molar-refractivity contribution in [2.75, 3.05) is 14.2 Å². The summed E-state index contributed by atoms with van der Waals surface area (Å²) >= 11 is 0. The first-order valence-electron chi connectivity index (χ1n) is 6.27. The van der Waals surface area contributed by atoms with Gasteiger partial charge in [-0.15, -0.1) is 0 Å². The Kier molecular flexibility index (Phi) is 3.88. The lowest BCUT2D eigenvalue weighted by molar-refractivity contribution is -0.137. The molecule has 2 rings (SSSR count). The van der Waals surface area contributed by atoms with Gasteiger partial charge in [-0.2, -0.15) is 0 Å². The number of carbonyl (C=O) groups excluding carboxylic acids is 2. The van der Waals surface area contributed by atoms with E-state index in [2.05, 4.69) is 0 Å². The number of ether oxygens (including phenoxy) is 1. The topological polar surface area (TPSA) is 46.6 Å². The van der Waals surface area contributed by atoms with Crippen molar-refractivity contribution in [3.8, 4) is 0 Å². The minimum atomic E-state index is -0.604. The molecule has 1 aliphatic rings. The van der Waals surface area contributed by atoms with Crippen LogP contribution in [0.25, 0.3) is 0 Å². The molecule has 0 saturated heterocycles. The van der Waals surface area contributed by atoms with Crippen LogP contribution in [0, 0.1) is 5.82 Å². The highest BCUT2D eigenvalue weighted by molar-refractivity contribution is 5.95. The van der Waals surface area contributed by atoms with Gasteiger partial charge in [-0.25, -0.2) is 9.18 Å². The third-order valence-electron chi connectivity index (χ3n) is 3.68. The summed E-state index contributed by atoms with van der Waals surface area (Å²) in [7, 11) is 2.87. The zero-order chi connectivity index (χ0) is 14.9. The SMILES string of the molecule is COC(=O)C1=C(C)N(C)C(=O)C[C@@H]1c1ccccc1F. The zero-order valence-corrected chi connectivity index (χ0v) is 11.6. The fourth-order valence-electron chi connectivity index (χ4n) is 2.46. The Hall–Kier alpha value is -2.17. The predicted molar refractivity (Wildman–Crippen MR) is 71.2 cm³/mol. The lowest BCUT2D eigenvalue weighted by Crippen LogP contribution is -2.35. The fourth-order valence-corrected chi connectivity index (χ4v) is 2.46. The van der Waals surface area contributed by atoms with E-state index in [1.165, 1.54) is 18.1 Å². The Labute approximate surface area is 116 Å². The summed E-state index contributed by atoms with van der Waals surface area (Å²) in [5, 5.41) is 0. The first kappa shape index (κ1) is 14.2. The van der Waals surface area contributed by atoms with Gasteiger partial charge >= 0.3 is 5.97 Å². The lowest BCUT2D eigenvalue weighted by Gasteiger charge is -2.31. The van der Waals surface area contributed by atoms with E-state index >= 15 is 0 Å². The van der Waals surface area contributed by atoms with E-state index in [1.807, 2.05) is 0 Å². The number of allylic oxidation sites excluding steroid dienone is 1. The molecule has 5 heteroatoms. The Balaban J connectivity index is 2.58. The molecule has 1 aromatic carbocycles. The summed E-state index contributed by atoms with van der Waals surface area (Å²) in [5.41, 5.74) is 1.18. The number of halogens is 1. The van der Waals surface area contributed by atoms with Crippen molar-refractivity contribution in [3.05, 3.63) is 46.9 Å². The van der Waals surface area contributed by atoms with Crippen LogP contribution in [0.4, 0.5) is 4.39 Å². The Morgan fingerprint density at radius 1 is 1.40 bits per heavy atom. The number of nitrogens with zero attached hydrogens (tertiary/aromatic N) is 1. The second kappa shape index (κ2) is 5.45. The summed E-state index contributed by atoms with van der Waals surface area (Å²) in [6, 6.07) is 6.17. The van der Waals surface area contributed by atoms with Crippen LogP contribution in [-0.4, -0.2) is 30.9 Å². The number of hydrogen-bond acceptors (Lipinski definition) is 3. The van der Waals surface area contributed by atoms with E-state index in [-0.39, 0.29) is 12.3 Å². The van der Waals surface area contributed by atoms with E-state index in [4.69, 9.17) is 4.74 Å². The van der Waals surface area contributed by atoms with Crippen molar-refractivity contribution in [3.63, 3.8) is 0 Å². The maximum absolute atomic E-state index is 14.0. The second-order valence-electron chi connectivity index (χ2n) is 4.72. The number of rotatable bonds is 2. The molecule has 20 heavy (non-hydrogen) atoms. The number of hydrogen-bond donors (Lipinski definition) is 0.